The van der Waals surface area contributed by atoms with Crippen LogP contribution in [0, 0.1) is 0 Å². The molecule has 0 aliphatic rings. The predicted molar refractivity (Wildman–Crippen MR) is 88.8 cm³/mol. The first-order chi connectivity index (χ1) is 10.4. The van der Waals surface area contributed by atoms with Crippen molar-refractivity contribution in [3.63, 3.8) is 0 Å². The van der Waals surface area contributed by atoms with Gasteiger partial charge in [-0.15, -0.1) is 0 Å². The zero-order valence-corrected chi connectivity index (χ0v) is 12.1. The smallest absolute Gasteiger partial charge is 0.0573 e. The SMILES string of the molecule is CCc1cncc(Nc2ccccc2-c2ccccc2)c1. The topological polar surface area (TPSA) is 24.9 Å². The summed E-state index contributed by atoms with van der Waals surface area (Å²) in [5.41, 5.74) is 5.76. The molecular weight excluding hydrogens is 256 g/mol. The van der Waals surface area contributed by atoms with Crippen LogP contribution in [-0.2, 0) is 6.42 Å². The second kappa shape index (κ2) is 6.23. The number of para-hydroxylation sites is 1. The van der Waals surface area contributed by atoms with Crippen LogP contribution >= 0.6 is 0 Å². The maximum absolute atomic E-state index is 4.29. The van der Waals surface area contributed by atoms with E-state index in [-0.39, 0.29) is 0 Å². The molecule has 0 unspecified atom stereocenters. The Morgan fingerprint density at radius 2 is 1.67 bits per heavy atom. The van der Waals surface area contributed by atoms with E-state index in [0.717, 1.165) is 17.8 Å². The standard InChI is InChI=1S/C19H18N2/c1-2-15-12-17(14-20-13-15)21-19-11-7-6-10-18(19)16-8-4-3-5-9-16/h3-14,21H,2H2,1H3. The van der Waals surface area contributed by atoms with Crippen LogP contribution in [-0.4, -0.2) is 4.98 Å². The summed E-state index contributed by atoms with van der Waals surface area (Å²) < 4.78 is 0. The molecule has 3 rings (SSSR count). The van der Waals surface area contributed by atoms with E-state index in [1.165, 1.54) is 16.7 Å². The largest absolute Gasteiger partial charge is 0.354 e. The van der Waals surface area contributed by atoms with Gasteiger partial charge in [-0.3, -0.25) is 4.98 Å². The Kier molecular flexibility index (Phi) is 3.97. The van der Waals surface area contributed by atoms with Gasteiger partial charge in [0.05, 0.1) is 11.9 Å². The highest BCUT2D eigenvalue weighted by Gasteiger charge is 2.04. The fourth-order valence-corrected chi connectivity index (χ4v) is 2.37. The van der Waals surface area contributed by atoms with Gasteiger partial charge in [0.1, 0.15) is 0 Å². The number of nitrogens with zero attached hydrogens (tertiary/aromatic N) is 1. The number of anilines is 2. The van der Waals surface area contributed by atoms with Crippen molar-refractivity contribution in [1.29, 1.82) is 0 Å². The number of hydrogen-bond acceptors (Lipinski definition) is 2. The van der Waals surface area contributed by atoms with E-state index < -0.39 is 0 Å². The molecule has 0 aliphatic heterocycles. The van der Waals surface area contributed by atoms with Crippen LogP contribution in [0.3, 0.4) is 0 Å². The molecule has 0 spiro atoms. The maximum atomic E-state index is 4.29. The molecule has 0 aliphatic carbocycles. The first kappa shape index (κ1) is 13.4. The van der Waals surface area contributed by atoms with Gasteiger partial charge in [-0.05, 0) is 29.7 Å². The summed E-state index contributed by atoms with van der Waals surface area (Å²) in [4.78, 5) is 4.29. The molecule has 0 amide bonds. The molecule has 0 radical (unpaired) electrons. The second-order valence-electron chi connectivity index (χ2n) is 4.97. The minimum Gasteiger partial charge on any atom is -0.354 e. The predicted octanol–water partition coefficient (Wildman–Crippen LogP) is 5.05. The maximum Gasteiger partial charge on any atom is 0.0573 e. The van der Waals surface area contributed by atoms with Gasteiger partial charge in [-0.2, -0.15) is 0 Å². The van der Waals surface area contributed by atoms with Crippen LogP contribution in [0.4, 0.5) is 11.4 Å². The molecule has 3 aromatic rings. The number of nitrogens with one attached hydrogen (secondary N) is 1. The third kappa shape index (κ3) is 3.11. The number of pyridine rings is 1. The van der Waals surface area contributed by atoms with Crippen molar-refractivity contribution in [3.8, 4) is 11.1 Å². The zero-order chi connectivity index (χ0) is 14.5. The highest BCUT2D eigenvalue weighted by Crippen LogP contribution is 2.29. The summed E-state index contributed by atoms with van der Waals surface area (Å²) in [6.07, 6.45) is 4.76. The average molecular weight is 274 g/mol. The first-order valence-corrected chi connectivity index (χ1v) is 7.22. The fourth-order valence-electron chi connectivity index (χ4n) is 2.37. The lowest BCUT2D eigenvalue weighted by atomic mass is 10.0. The van der Waals surface area contributed by atoms with Crippen LogP contribution in [0.1, 0.15) is 12.5 Å². The molecule has 1 heterocycles. The highest BCUT2D eigenvalue weighted by molar-refractivity contribution is 5.80. The van der Waals surface area contributed by atoms with Crippen molar-refractivity contribution in [2.75, 3.05) is 5.32 Å². The molecule has 1 N–H and O–H groups in total. The molecule has 104 valence electrons. The van der Waals surface area contributed by atoms with Crippen LogP contribution in [0.25, 0.3) is 11.1 Å². The molecule has 2 nitrogen and oxygen atoms in total. The molecule has 0 bridgehead atoms. The molecule has 2 heteroatoms. The molecular formula is C19H18N2. The molecule has 0 atom stereocenters. The summed E-state index contributed by atoms with van der Waals surface area (Å²) in [6.45, 7) is 2.14. The van der Waals surface area contributed by atoms with E-state index >= 15 is 0 Å². The third-order valence-corrected chi connectivity index (χ3v) is 3.49. The minimum atomic E-state index is 0.989. The van der Waals surface area contributed by atoms with Gasteiger partial charge in [0, 0.05) is 17.4 Å². The van der Waals surface area contributed by atoms with Crippen molar-refractivity contribution >= 4 is 11.4 Å². The fraction of sp³-hybridized carbons (Fsp3) is 0.105. The zero-order valence-electron chi connectivity index (χ0n) is 12.1. The Morgan fingerprint density at radius 1 is 0.905 bits per heavy atom. The normalized spacial score (nSPS) is 10.3. The first-order valence-electron chi connectivity index (χ1n) is 7.22. The Bertz CT molecular complexity index is 720. The number of aromatic nitrogens is 1. The van der Waals surface area contributed by atoms with E-state index in [0.29, 0.717) is 0 Å². The van der Waals surface area contributed by atoms with E-state index in [1.54, 1.807) is 0 Å². The van der Waals surface area contributed by atoms with E-state index in [2.05, 4.69) is 65.8 Å². The lowest BCUT2D eigenvalue weighted by Crippen LogP contribution is -1.95. The van der Waals surface area contributed by atoms with Gasteiger partial charge in [0.2, 0.25) is 0 Å². The summed E-state index contributed by atoms with van der Waals surface area (Å²) in [7, 11) is 0. The van der Waals surface area contributed by atoms with Crippen molar-refractivity contribution in [2.45, 2.75) is 13.3 Å². The van der Waals surface area contributed by atoms with Crippen molar-refractivity contribution in [3.05, 3.63) is 78.6 Å². The van der Waals surface area contributed by atoms with E-state index in [9.17, 15) is 0 Å². The van der Waals surface area contributed by atoms with Gasteiger partial charge in [0.15, 0.2) is 0 Å². The Hall–Kier alpha value is -2.61. The summed E-state index contributed by atoms with van der Waals surface area (Å²) >= 11 is 0. The van der Waals surface area contributed by atoms with Crippen LogP contribution in [0.15, 0.2) is 73.1 Å². The van der Waals surface area contributed by atoms with Crippen LogP contribution < -0.4 is 5.32 Å². The van der Waals surface area contributed by atoms with E-state index in [1.807, 2.05) is 24.5 Å². The molecule has 0 fully saturated rings. The van der Waals surface area contributed by atoms with E-state index in [4.69, 9.17) is 0 Å². The van der Waals surface area contributed by atoms with Gasteiger partial charge < -0.3 is 5.32 Å². The minimum absolute atomic E-state index is 0.989. The van der Waals surface area contributed by atoms with Gasteiger partial charge in [-0.1, -0.05) is 55.5 Å². The van der Waals surface area contributed by atoms with Crippen LogP contribution in [0.5, 0.6) is 0 Å². The van der Waals surface area contributed by atoms with Crippen molar-refractivity contribution < 1.29 is 0 Å². The lowest BCUT2D eigenvalue weighted by Gasteiger charge is -2.12. The van der Waals surface area contributed by atoms with Gasteiger partial charge in [0.25, 0.3) is 0 Å². The monoisotopic (exact) mass is 274 g/mol. The Morgan fingerprint density at radius 3 is 2.48 bits per heavy atom. The summed E-state index contributed by atoms with van der Waals surface area (Å²) in [6, 6.07) is 20.9. The number of rotatable bonds is 4. The molecule has 2 aromatic carbocycles. The third-order valence-electron chi connectivity index (χ3n) is 3.49. The van der Waals surface area contributed by atoms with Crippen molar-refractivity contribution in [1.82, 2.24) is 4.98 Å². The number of aryl methyl sites for hydroxylation is 1. The Labute approximate surface area is 125 Å². The quantitative estimate of drug-likeness (QED) is 0.719. The Balaban J connectivity index is 1.96. The average Bonchev–Trinajstić information content (AvgIpc) is 2.56. The molecule has 0 saturated heterocycles. The second-order valence-corrected chi connectivity index (χ2v) is 4.97. The van der Waals surface area contributed by atoms with Crippen molar-refractivity contribution in [2.24, 2.45) is 0 Å². The van der Waals surface area contributed by atoms with Gasteiger partial charge >= 0.3 is 0 Å². The summed E-state index contributed by atoms with van der Waals surface area (Å²) in [5.74, 6) is 0. The molecule has 1 aromatic heterocycles. The number of benzene rings is 2. The highest BCUT2D eigenvalue weighted by atomic mass is 14.9. The molecule has 21 heavy (non-hydrogen) atoms. The lowest BCUT2D eigenvalue weighted by molar-refractivity contribution is 1.10. The van der Waals surface area contributed by atoms with Gasteiger partial charge in [-0.25, -0.2) is 0 Å². The molecule has 0 saturated carbocycles. The summed E-state index contributed by atoms with van der Waals surface area (Å²) in [5, 5.41) is 3.48. The van der Waals surface area contributed by atoms with Crippen LogP contribution in [0.2, 0.25) is 0 Å². The number of hydrogen-bond donors (Lipinski definition) is 1.